The van der Waals surface area contributed by atoms with Crippen LogP contribution in [0.3, 0.4) is 0 Å². The summed E-state index contributed by atoms with van der Waals surface area (Å²) in [5.74, 6) is 0. The largest absolute Gasteiger partial charge is 0.442 e. The van der Waals surface area contributed by atoms with Crippen molar-refractivity contribution in [2.75, 3.05) is 0 Å². The normalized spacial score (nSPS) is 6.62. The molecule has 0 fully saturated rings. The number of imidazole rings is 1. The molecule has 1 heterocycles. The van der Waals surface area contributed by atoms with Gasteiger partial charge in [0.2, 0.25) is 0 Å². The van der Waals surface area contributed by atoms with Crippen molar-refractivity contribution in [3.63, 3.8) is 0 Å². The van der Waals surface area contributed by atoms with E-state index in [1.54, 1.807) is 6.33 Å². The van der Waals surface area contributed by atoms with Crippen LogP contribution < -0.4 is 0 Å². The van der Waals surface area contributed by atoms with Gasteiger partial charge in [-0.2, -0.15) is 0 Å². The fraction of sp³-hybridized carbons (Fsp3) is 0.200. The minimum atomic E-state index is 0. The SMILES string of the molecule is Cc1[c-]nc[nH]1.[CH3-].[Y]. The molecule has 2 nitrogen and oxygen atoms in total. The van der Waals surface area contributed by atoms with Crippen molar-refractivity contribution in [1.82, 2.24) is 9.97 Å². The van der Waals surface area contributed by atoms with Gasteiger partial charge in [-0.3, -0.25) is 0 Å². The summed E-state index contributed by atoms with van der Waals surface area (Å²) in [5, 5.41) is 0. The number of aromatic amines is 1. The minimum absolute atomic E-state index is 0. The van der Waals surface area contributed by atoms with Crippen LogP contribution in [0.2, 0.25) is 0 Å². The maximum absolute atomic E-state index is 3.64. The van der Waals surface area contributed by atoms with Crippen LogP contribution in [0.15, 0.2) is 6.33 Å². The molecule has 0 bridgehead atoms. The Balaban J connectivity index is 0. The molecule has 1 N–H and O–H groups in total. The van der Waals surface area contributed by atoms with Crippen LogP contribution in [0.1, 0.15) is 5.69 Å². The van der Waals surface area contributed by atoms with E-state index in [1.807, 2.05) is 6.92 Å². The molecule has 1 radical (unpaired) electrons. The van der Waals surface area contributed by atoms with E-state index in [-0.39, 0.29) is 40.1 Å². The van der Waals surface area contributed by atoms with E-state index in [1.165, 1.54) is 0 Å². The molecule has 0 spiro atoms. The standard InChI is InChI=1S/C4H5N2.CH3.Y/c1-4-2-5-3-6-4;;/h3H,1H3,(H,5,6);1H3;/q2*-1;. The second kappa shape index (κ2) is 5.45. The van der Waals surface area contributed by atoms with Crippen molar-refractivity contribution in [2.24, 2.45) is 0 Å². The number of hydrogen-bond donors (Lipinski definition) is 1. The van der Waals surface area contributed by atoms with Gasteiger partial charge >= 0.3 is 0 Å². The molecule has 1 aromatic heterocycles. The number of nitrogens with one attached hydrogen (secondary N) is 1. The van der Waals surface area contributed by atoms with E-state index in [0.29, 0.717) is 0 Å². The molecule has 1 rings (SSSR count). The van der Waals surface area contributed by atoms with Gasteiger partial charge in [0, 0.05) is 32.7 Å². The van der Waals surface area contributed by atoms with E-state index in [2.05, 4.69) is 16.2 Å². The molecule has 0 aliphatic heterocycles. The molecule has 0 saturated heterocycles. The van der Waals surface area contributed by atoms with Crippen LogP contribution in [0, 0.1) is 20.5 Å². The Morgan fingerprint density at radius 1 is 1.75 bits per heavy atom. The number of nitrogens with zero attached hydrogens (tertiary/aromatic N) is 1. The van der Waals surface area contributed by atoms with E-state index in [4.69, 9.17) is 0 Å². The zero-order valence-corrected chi connectivity index (χ0v) is 7.94. The Hall–Kier alpha value is 0.314. The molecule has 3 heteroatoms. The first-order valence-corrected chi connectivity index (χ1v) is 1.77. The van der Waals surface area contributed by atoms with Crippen molar-refractivity contribution in [3.8, 4) is 0 Å². The summed E-state index contributed by atoms with van der Waals surface area (Å²) in [5.41, 5.74) is 0.981. The van der Waals surface area contributed by atoms with Crippen molar-refractivity contribution in [2.45, 2.75) is 6.92 Å². The van der Waals surface area contributed by atoms with Gasteiger partial charge in [-0.15, -0.1) is 6.20 Å². The molecule has 0 amide bonds. The average Bonchev–Trinajstić information content (AvgIpc) is 1.86. The van der Waals surface area contributed by atoms with Crippen molar-refractivity contribution >= 4 is 0 Å². The Kier molecular flexibility index (Phi) is 7.60. The second-order valence-electron chi connectivity index (χ2n) is 1.14. The van der Waals surface area contributed by atoms with Gasteiger partial charge in [-0.25, -0.2) is 0 Å². The topological polar surface area (TPSA) is 28.7 Å². The zero-order chi connectivity index (χ0) is 4.41. The third-order valence-corrected chi connectivity index (χ3v) is 0.578. The summed E-state index contributed by atoms with van der Waals surface area (Å²) in [6, 6.07) is 0. The third-order valence-electron chi connectivity index (χ3n) is 0.578. The maximum atomic E-state index is 3.64. The van der Waals surface area contributed by atoms with Gasteiger partial charge in [-0.05, 0) is 6.92 Å². The summed E-state index contributed by atoms with van der Waals surface area (Å²) in [4.78, 5) is 6.47. The Morgan fingerprint density at radius 3 is 2.50 bits per heavy atom. The first kappa shape index (κ1) is 11.2. The molecule has 1 aromatic rings. The third kappa shape index (κ3) is 3.33. The van der Waals surface area contributed by atoms with Gasteiger partial charge in [0.15, 0.2) is 0 Å². The molecular weight excluding hydrogens is 177 g/mol. The number of aryl methyl sites for hydroxylation is 1. The van der Waals surface area contributed by atoms with Gasteiger partial charge < -0.3 is 17.4 Å². The second-order valence-corrected chi connectivity index (χ2v) is 1.14. The minimum Gasteiger partial charge on any atom is -0.442 e. The average molecular weight is 185 g/mol. The van der Waals surface area contributed by atoms with Gasteiger partial charge in [-0.1, -0.05) is 12.0 Å². The predicted molar refractivity (Wildman–Crippen MR) is 28.6 cm³/mol. The van der Waals surface area contributed by atoms with Gasteiger partial charge in [0.25, 0.3) is 0 Å². The smallest absolute Gasteiger partial charge is 0 e. The quantitative estimate of drug-likeness (QED) is 0.599. The van der Waals surface area contributed by atoms with E-state index in [0.717, 1.165) is 5.69 Å². The fourth-order valence-electron chi connectivity index (χ4n) is 0.290. The molecule has 8 heavy (non-hydrogen) atoms. The number of hydrogen-bond acceptors (Lipinski definition) is 1. The maximum Gasteiger partial charge on any atom is 0 e. The fourth-order valence-corrected chi connectivity index (χ4v) is 0.290. The molecule has 0 aliphatic carbocycles. The molecule has 0 saturated carbocycles. The molecule has 0 aliphatic rings. The predicted octanol–water partition coefficient (Wildman–Crippen LogP) is 0.966. The summed E-state index contributed by atoms with van der Waals surface area (Å²) >= 11 is 0. The van der Waals surface area contributed by atoms with Crippen molar-refractivity contribution in [1.29, 1.82) is 0 Å². The molecule has 0 atom stereocenters. The summed E-state index contributed by atoms with van der Waals surface area (Å²) in [6.45, 7) is 1.91. The Morgan fingerprint density at radius 2 is 2.38 bits per heavy atom. The summed E-state index contributed by atoms with van der Waals surface area (Å²) < 4.78 is 0. The van der Waals surface area contributed by atoms with E-state index >= 15 is 0 Å². The molecule has 0 aromatic carbocycles. The van der Waals surface area contributed by atoms with Crippen LogP contribution in [0.4, 0.5) is 0 Å². The van der Waals surface area contributed by atoms with Crippen molar-refractivity contribution < 1.29 is 32.7 Å². The Labute approximate surface area is 75.0 Å². The molecule has 0 unspecified atom stereocenters. The van der Waals surface area contributed by atoms with Crippen LogP contribution in [0.25, 0.3) is 0 Å². The van der Waals surface area contributed by atoms with Crippen LogP contribution in [-0.4, -0.2) is 9.97 Å². The molecule has 43 valence electrons. The summed E-state index contributed by atoms with van der Waals surface area (Å²) in [6.07, 6.45) is 4.30. The first-order valence-electron chi connectivity index (χ1n) is 1.77. The van der Waals surface area contributed by atoms with Gasteiger partial charge in [0.1, 0.15) is 0 Å². The van der Waals surface area contributed by atoms with Gasteiger partial charge in [0.05, 0.1) is 0 Å². The Bertz CT molecular complexity index is 114. The zero-order valence-electron chi connectivity index (χ0n) is 5.10. The van der Waals surface area contributed by atoms with Crippen LogP contribution in [0.5, 0.6) is 0 Å². The van der Waals surface area contributed by atoms with Crippen LogP contribution in [-0.2, 0) is 32.7 Å². The van der Waals surface area contributed by atoms with E-state index < -0.39 is 0 Å². The monoisotopic (exact) mass is 185 g/mol. The van der Waals surface area contributed by atoms with E-state index in [9.17, 15) is 0 Å². The summed E-state index contributed by atoms with van der Waals surface area (Å²) in [7, 11) is 0. The number of H-pyrrole nitrogens is 1. The van der Waals surface area contributed by atoms with Crippen LogP contribution >= 0.6 is 0 Å². The van der Waals surface area contributed by atoms with Crippen molar-refractivity contribution in [3.05, 3.63) is 25.6 Å². The first-order chi connectivity index (χ1) is 2.89. The number of rotatable bonds is 0. The molecular formula is C5H8N2Y-2. The number of aromatic nitrogens is 2.